The van der Waals surface area contributed by atoms with E-state index < -0.39 is 0 Å². The van der Waals surface area contributed by atoms with Gasteiger partial charge in [-0.05, 0) is 32.2 Å². The molecule has 0 radical (unpaired) electrons. The molecule has 1 fully saturated rings. The van der Waals surface area contributed by atoms with Gasteiger partial charge in [0.05, 0.1) is 6.61 Å². The first-order chi connectivity index (χ1) is 5.33. The lowest BCUT2D eigenvalue weighted by Gasteiger charge is -2.12. The summed E-state index contributed by atoms with van der Waals surface area (Å²) in [7, 11) is 0. The van der Waals surface area contributed by atoms with Gasteiger partial charge in [-0.2, -0.15) is 0 Å². The van der Waals surface area contributed by atoms with Gasteiger partial charge < -0.3 is 10.4 Å². The molecule has 0 amide bonds. The van der Waals surface area contributed by atoms with Gasteiger partial charge in [-0.25, -0.2) is 0 Å². The van der Waals surface area contributed by atoms with Crippen LogP contribution in [0.1, 0.15) is 25.7 Å². The standard InChI is InChI=1S/C9H17NO/c1-2-3-4-7-10-9(8-11)5-6-9/h2,10-11H,1,3-8H2. The average Bonchev–Trinajstić information content (AvgIpc) is 2.80. The summed E-state index contributed by atoms with van der Waals surface area (Å²) in [6, 6.07) is 0. The van der Waals surface area contributed by atoms with Crippen LogP contribution in [0, 0.1) is 0 Å². The molecule has 0 spiro atoms. The number of rotatable bonds is 6. The third kappa shape index (κ3) is 2.64. The van der Waals surface area contributed by atoms with E-state index in [1.807, 2.05) is 6.08 Å². The molecule has 64 valence electrons. The van der Waals surface area contributed by atoms with Gasteiger partial charge >= 0.3 is 0 Å². The van der Waals surface area contributed by atoms with E-state index in [0.717, 1.165) is 32.2 Å². The maximum atomic E-state index is 8.93. The molecule has 2 nitrogen and oxygen atoms in total. The van der Waals surface area contributed by atoms with Crippen molar-refractivity contribution in [2.24, 2.45) is 0 Å². The Morgan fingerprint density at radius 3 is 2.73 bits per heavy atom. The molecule has 0 aliphatic heterocycles. The Morgan fingerprint density at radius 1 is 1.55 bits per heavy atom. The van der Waals surface area contributed by atoms with Gasteiger partial charge in [-0.1, -0.05) is 6.08 Å². The van der Waals surface area contributed by atoms with Crippen LogP contribution in [0.5, 0.6) is 0 Å². The number of hydrogen-bond donors (Lipinski definition) is 2. The highest BCUT2D eigenvalue weighted by atomic mass is 16.3. The molecule has 1 rings (SSSR count). The lowest BCUT2D eigenvalue weighted by molar-refractivity contribution is 0.230. The van der Waals surface area contributed by atoms with Gasteiger partial charge in [0.2, 0.25) is 0 Å². The van der Waals surface area contributed by atoms with Crippen molar-refractivity contribution in [1.29, 1.82) is 0 Å². The van der Waals surface area contributed by atoms with Crippen molar-refractivity contribution < 1.29 is 5.11 Å². The smallest absolute Gasteiger partial charge is 0.0613 e. The topological polar surface area (TPSA) is 32.3 Å². The van der Waals surface area contributed by atoms with E-state index in [0.29, 0.717) is 6.61 Å². The lowest BCUT2D eigenvalue weighted by Crippen LogP contribution is -2.35. The number of aliphatic hydroxyl groups excluding tert-OH is 1. The quantitative estimate of drug-likeness (QED) is 0.444. The minimum atomic E-state index is 0.112. The van der Waals surface area contributed by atoms with Crippen LogP contribution in [0.2, 0.25) is 0 Å². The first-order valence-corrected chi connectivity index (χ1v) is 4.30. The summed E-state index contributed by atoms with van der Waals surface area (Å²) >= 11 is 0. The Bertz CT molecular complexity index is 130. The SMILES string of the molecule is C=CCCCNC1(CO)CC1. The van der Waals surface area contributed by atoms with Gasteiger partial charge in [-0.15, -0.1) is 6.58 Å². The molecule has 2 N–H and O–H groups in total. The zero-order valence-corrected chi connectivity index (χ0v) is 6.97. The third-order valence-electron chi connectivity index (χ3n) is 2.24. The minimum absolute atomic E-state index is 0.112. The van der Waals surface area contributed by atoms with Crippen molar-refractivity contribution in [3.8, 4) is 0 Å². The molecule has 1 aliphatic rings. The number of nitrogens with one attached hydrogen (secondary N) is 1. The van der Waals surface area contributed by atoms with Crippen LogP contribution in [0.15, 0.2) is 12.7 Å². The molecule has 1 saturated carbocycles. The summed E-state index contributed by atoms with van der Waals surface area (Å²) in [6.07, 6.45) is 6.40. The monoisotopic (exact) mass is 155 g/mol. The van der Waals surface area contributed by atoms with Crippen LogP contribution in [0.3, 0.4) is 0 Å². The zero-order chi connectivity index (χ0) is 8.16. The maximum absolute atomic E-state index is 8.93. The fraction of sp³-hybridized carbons (Fsp3) is 0.778. The molecule has 0 heterocycles. The zero-order valence-electron chi connectivity index (χ0n) is 6.97. The molecule has 0 saturated heterocycles. The lowest BCUT2D eigenvalue weighted by atomic mass is 10.2. The van der Waals surface area contributed by atoms with Crippen LogP contribution in [0.4, 0.5) is 0 Å². The van der Waals surface area contributed by atoms with Gasteiger partial charge in [-0.3, -0.25) is 0 Å². The van der Waals surface area contributed by atoms with Crippen molar-refractivity contribution in [3.63, 3.8) is 0 Å². The Labute approximate surface area is 68.3 Å². The minimum Gasteiger partial charge on any atom is -0.394 e. The summed E-state index contributed by atoms with van der Waals surface area (Å²) in [5.74, 6) is 0. The highest BCUT2D eigenvalue weighted by molar-refractivity contribution is 5.01. The fourth-order valence-corrected chi connectivity index (χ4v) is 1.14. The van der Waals surface area contributed by atoms with Crippen LogP contribution in [-0.4, -0.2) is 23.8 Å². The van der Waals surface area contributed by atoms with Crippen molar-refractivity contribution in [3.05, 3.63) is 12.7 Å². The summed E-state index contributed by atoms with van der Waals surface area (Å²) in [5, 5.41) is 12.3. The molecule has 0 aromatic heterocycles. The molecule has 11 heavy (non-hydrogen) atoms. The predicted molar refractivity (Wildman–Crippen MR) is 46.5 cm³/mol. The Morgan fingerprint density at radius 2 is 2.27 bits per heavy atom. The molecular formula is C9H17NO. The van der Waals surface area contributed by atoms with Crippen molar-refractivity contribution >= 4 is 0 Å². The van der Waals surface area contributed by atoms with E-state index in [2.05, 4.69) is 11.9 Å². The molecule has 0 bridgehead atoms. The number of unbranched alkanes of at least 4 members (excludes halogenated alkanes) is 1. The van der Waals surface area contributed by atoms with Crippen LogP contribution >= 0.6 is 0 Å². The number of hydrogen-bond acceptors (Lipinski definition) is 2. The van der Waals surface area contributed by atoms with Gasteiger partial charge in [0.25, 0.3) is 0 Å². The molecule has 2 heteroatoms. The summed E-state index contributed by atoms with van der Waals surface area (Å²) < 4.78 is 0. The van der Waals surface area contributed by atoms with Gasteiger partial charge in [0.1, 0.15) is 0 Å². The first-order valence-electron chi connectivity index (χ1n) is 4.30. The van der Waals surface area contributed by atoms with Crippen LogP contribution in [0.25, 0.3) is 0 Å². The highest BCUT2D eigenvalue weighted by Crippen LogP contribution is 2.34. The van der Waals surface area contributed by atoms with Gasteiger partial charge in [0.15, 0.2) is 0 Å². The summed E-state index contributed by atoms with van der Waals surface area (Å²) in [4.78, 5) is 0. The van der Waals surface area contributed by atoms with Crippen molar-refractivity contribution in [1.82, 2.24) is 5.32 Å². The highest BCUT2D eigenvalue weighted by Gasteiger charge is 2.40. The van der Waals surface area contributed by atoms with E-state index in [1.54, 1.807) is 0 Å². The molecule has 0 aromatic carbocycles. The van der Waals surface area contributed by atoms with E-state index in [4.69, 9.17) is 5.11 Å². The molecule has 1 aliphatic carbocycles. The Balaban J connectivity index is 1.98. The van der Waals surface area contributed by atoms with E-state index in [1.165, 1.54) is 0 Å². The fourth-order valence-electron chi connectivity index (χ4n) is 1.14. The molecule has 0 aromatic rings. The Hall–Kier alpha value is -0.340. The summed E-state index contributed by atoms with van der Waals surface area (Å²) in [5.41, 5.74) is 0.112. The Kier molecular flexibility index (Phi) is 3.09. The second-order valence-corrected chi connectivity index (χ2v) is 3.30. The van der Waals surface area contributed by atoms with E-state index in [9.17, 15) is 0 Å². The largest absolute Gasteiger partial charge is 0.394 e. The van der Waals surface area contributed by atoms with E-state index in [-0.39, 0.29) is 5.54 Å². The van der Waals surface area contributed by atoms with Crippen molar-refractivity contribution in [2.45, 2.75) is 31.2 Å². The second kappa shape index (κ2) is 3.88. The third-order valence-corrected chi connectivity index (χ3v) is 2.24. The number of aliphatic hydroxyl groups is 1. The van der Waals surface area contributed by atoms with Gasteiger partial charge in [0, 0.05) is 5.54 Å². The second-order valence-electron chi connectivity index (χ2n) is 3.30. The maximum Gasteiger partial charge on any atom is 0.0613 e. The molecule has 0 unspecified atom stereocenters. The molecule has 0 atom stereocenters. The average molecular weight is 155 g/mol. The summed E-state index contributed by atoms with van der Waals surface area (Å²) in [6.45, 7) is 4.95. The van der Waals surface area contributed by atoms with Crippen molar-refractivity contribution in [2.75, 3.05) is 13.2 Å². The first kappa shape index (κ1) is 8.75. The predicted octanol–water partition coefficient (Wildman–Crippen LogP) is 1.07. The number of allylic oxidation sites excluding steroid dienone is 1. The van der Waals surface area contributed by atoms with Crippen LogP contribution in [-0.2, 0) is 0 Å². The normalized spacial score (nSPS) is 19.7. The molecular weight excluding hydrogens is 138 g/mol. The van der Waals surface area contributed by atoms with Crippen LogP contribution < -0.4 is 5.32 Å². The van der Waals surface area contributed by atoms with E-state index >= 15 is 0 Å².